The fourth-order valence-corrected chi connectivity index (χ4v) is 2.38. The molecule has 1 aromatic carbocycles. The van der Waals surface area contributed by atoms with Gasteiger partial charge in [0.05, 0.1) is 12.1 Å². The van der Waals surface area contributed by atoms with Crippen molar-refractivity contribution in [3.63, 3.8) is 0 Å². The van der Waals surface area contributed by atoms with Crippen LogP contribution in [-0.2, 0) is 4.79 Å². The van der Waals surface area contributed by atoms with E-state index in [0.29, 0.717) is 13.0 Å². The zero-order valence-corrected chi connectivity index (χ0v) is 11.2. The third-order valence-corrected chi connectivity index (χ3v) is 3.57. The second-order valence-electron chi connectivity index (χ2n) is 5.21. The van der Waals surface area contributed by atoms with E-state index in [9.17, 15) is 19.1 Å². The Morgan fingerprint density at radius 1 is 1.45 bits per heavy atom. The molecule has 3 N–H and O–H groups in total. The van der Waals surface area contributed by atoms with Crippen molar-refractivity contribution in [3.05, 3.63) is 35.1 Å². The van der Waals surface area contributed by atoms with E-state index in [1.165, 1.54) is 17.0 Å². The highest BCUT2D eigenvalue weighted by atomic mass is 19.1. The molecule has 1 saturated heterocycles. The van der Waals surface area contributed by atoms with E-state index < -0.39 is 23.2 Å². The number of likely N-dealkylation sites (tertiary alicyclic amines) is 1. The third kappa shape index (κ3) is 2.65. The second-order valence-corrected chi connectivity index (χ2v) is 5.21. The van der Waals surface area contributed by atoms with Crippen molar-refractivity contribution in [2.45, 2.75) is 25.4 Å². The predicted molar refractivity (Wildman–Crippen MR) is 70.4 cm³/mol. The molecule has 0 bridgehead atoms. The van der Waals surface area contributed by atoms with Gasteiger partial charge in [-0.1, -0.05) is 11.6 Å². The summed E-state index contributed by atoms with van der Waals surface area (Å²) in [5.41, 5.74) is 4.13. The molecule has 6 heteroatoms. The molecule has 1 aliphatic rings. The van der Waals surface area contributed by atoms with Gasteiger partial charge in [-0.15, -0.1) is 0 Å². The van der Waals surface area contributed by atoms with Crippen molar-refractivity contribution in [2.75, 3.05) is 13.1 Å². The van der Waals surface area contributed by atoms with Crippen molar-refractivity contribution >= 4 is 11.8 Å². The highest BCUT2D eigenvalue weighted by Gasteiger charge is 2.40. The Kier molecular flexibility index (Phi) is 3.76. The van der Waals surface area contributed by atoms with E-state index in [2.05, 4.69) is 0 Å². The molecule has 1 unspecified atom stereocenters. The lowest BCUT2D eigenvalue weighted by Gasteiger charge is -2.37. The summed E-state index contributed by atoms with van der Waals surface area (Å²) in [4.78, 5) is 24.8. The number of halogens is 1. The average Bonchev–Trinajstić information content (AvgIpc) is 2.40. The summed E-state index contributed by atoms with van der Waals surface area (Å²) in [5.74, 6) is -2.01. The average molecular weight is 280 g/mol. The molecule has 20 heavy (non-hydrogen) atoms. The molecule has 0 aromatic heterocycles. The molecule has 1 atom stereocenters. The maximum atomic E-state index is 13.7. The first-order valence-electron chi connectivity index (χ1n) is 6.41. The highest BCUT2D eigenvalue weighted by molar-refractivity contribution is 5.95. The van der Waals surface area contributed by atoms with Gasteiger partial charge in [-0.25, -0.2) is 4.39 Å². The molecule has 0 saturated carbocycles. The Labute approximate surface area is 116 Å². The number of rotatable bonds is 2. The van der Waals surface area contributed by atoms with E-state index >= 15 is 0 Å². The summed E-state index contributed by atoms with van der Waals surface area (Å²) in [7, 11) is 0. The Balaban J connectivity index is 2.25. The number of benzene rings is 1. The molecular weight excluding hydrogens is 263 g/mol. The lowest BCUT2D eigenvalue weighted by atomic mass is 9.91. The number of hydrogen-bond acceptors (Lipinski definition) is 3. The summed E-state index contributed by atoms with van der Waals surface area (Å²) >= 11 is 0. The summed E-state index contributed by atoms with van der Waals surface area (Å²) < 4.78 is 13.7. The Morgan fingerprint density at radius 3 is 2.80 bits per heavy atom. The van der Waals surface area contributed by atoms with E-state index in [0.717, 1.165) is 5.56 Å². The molecule has 5 nitrogen and oxygen atoms in total. The number of carbonyl (C=O) groups is 2. The van der Waals surface area contributed by atoms with E-state index in [1.807, 2.05) is 0 Å². The minimum Gasteiger partial charge on any atom is -0.378 e. The molecule has 2 amide bonds. The van der Waals surface area contributed by atoms with Gasteiger partial charge in [0.2, 0.25) is 0 Å². The van der Waals surface area contributed by atoms with Crippen LogP contribution in [0.4, 0.5) is 4.39 Å². The number of primary amides is 1. The zero-order chi connectivity index (χ0) is 14.9. The van der Waals surface area contributed by atoms with E-state index in [1.54, 1.807) is 13.0 Å². The monoisotopic (exact) mass is 280 g/mol. The topological polar surface area (TPSA) is 83.6 Å². The van der Waals surface area contributed by atoms with Crippen LogP contribution in [0.15, 0.2) is 18.2 Å². The predicted octanol–water partition coefficient (Wildman–Crippen LogP) is 0.587. The fraction of sp³-hybridized carbons (Fsp3) is 0.429. The van der Waals surface area contributed by atoms with Crippen LogP contribution in [0, 0.1) is 12.7 Å². The largest absolute Gasteiger partial charge is 0.378 e. The van der Waals surface area contributed by atoms with Gasteiger partial charge in [0.1, 0.15) is 5.82 Å². The van der Waals surface area contributed by atoms with Crippen LogP contribution in [0.1, 0.15) is 28.8 Å². The van der Waals surface area contributed by atoms with Crippen LogP contribution in [0.25, 0.3) is 0 Å². The van der Waals surface area contributed by atoms with Crippen molar-refractivity contribution in [1.29, 1.82) is 0 Å². The summed E-state index contributed by atoms with van der Waals surface area (Å²) in [6, 6.07) is 4.25. The van der Waals surface area contributed by atoms with Gasteiger partial charge in [-0.05, 0) is 31.9 Å². The molecule has 1 aromatic rings. The third-order valence-electron chi connectivity index (χ3n) is 3.57. The number of hydrogen-bond donors (Lipinski definition) is 2. The number of β-amino-alcohol motifs (C(OH)–C–C–N with tert-alkyl or cyclic N) is 1. The van der Waals surface area contributed by atoms with Gasteiger partial charge in [-0.3, -0.25) is 9.59 Å². The summed E-state index contributed by atoms with van der Waals surface area (Å²) in [6.45, 7) is 1.92. The molecule has 1 heterocycles. The summed E-state index contributed by atoms with van der Waals surface area (Å²) in [6.07, 6.45) is 0.654. The van der Waals surface area contributed by atoms with Crippen LogP contribution < -0.4 is 5.73 Å². The normalized spacial score (nSPS) is 22.6. The molecule has 1 aliphatic heterocycles. The highest BCUT2D eigenvalue weighted by Crippen LogP contribution is 2.23. The van der Waals surface area contributed by atoms with Gasteiger partial charge >= 0.3 is 0 Å². The number of nitrogens with zero attached hydrogens (tertiary/aromatic N) is 1. The maximum Gasteiger partial charge on any atom is 0.256 e. The smallest absolute Gasteiger partial charge is 0.256 e. The van der Waals surface area contributed by atoms with Crippen LogP contribution >= 0.6 is 0 Å². The van der Waals surface area contributed by atoms with Crippen LogP contribution in [0.3, 0.4) is 0 Å². The van der Waals surface area contributed by atoms with Crippen molar-refractivity contribution in [1.82, 2.24) is 4.90 Å². The zero-order valence-electron chi connectivity index (χ0n) is 11.2. The molecule has 0 radical (unpaired) electrons. The number of carbonyl (C=O) groups excluding carboxylic acids is 2. The quantitative estimate of drug-likeness (QED) is 0.831. The maximum absolute atomic E-state index is 13.7. The number of aliphatic hydroxyl groups is 1. The minimum absolute atomic E-state index is 0.0567. The van der Waals surface area contributed by atoms with Crippen molar-refractivity contribution in [3.8, 4) is 0 Å². The first kappa shape index (κ1) is 14.5. The van der Waals surface area contributed by atoms with Gasteiger partial charge < -0.3 is 15.7 Å². The first-order chi connectivity index (χ1) is 9.33. The SMILES string of the molecule is Cc1ccc(F)c(C(=O)N2CCCC(O)(C(N)=O)C2)c1. The lowest BCUT2D eigenvalue weighted by Crippen LogP contribution is -2.57. The summed E-state index contributed by atoms with van der Waals surface area (Å²) in [5, 5.41) is 10.1. The van der Waals surface area contributed by atoms with E-state index in [4.69, 9.17) is 5.73 Å². The number of amides is 2. The van der Waals surface area contributed by atoms with Gasteiger partial charge in [0, 0.05) is 6.54 Å². The Bertz CT molecular complexity index is 561. The second kappa shape index (κ2) is 5.20. The first-order valence-corrected chi connectivity index (χ1v) is 6.41. The molecule has 1 fully saturated rings. The Morgan fingerprint density at radius 2 is 2.15 bits per heavy atom. The molecule has 0 spiro atoms. The number of piperidine rings is 1. The van der Waals surface area contributed by atoms with Crippen molar-refractivity contribution < 1.29 is 19.1 Å². The van der Waals surface area contributed by atoms with Crippen molar-refractivity contribution in [2.24, 2.45) is 5.73 Å². The molecular formula is C14H17FN2O3. The molecule has 0 aliphatic carbocycles. The standard InChI is InChI=1S/C14H17FN2O3/c1-9-3-4-11(15)10(7-9)12(18)17-6-2-5-14(20,8-17)13(16)19/h3-4,7,20H,2,5-6,8H2,1H3,(H2,16,19). The van der Waals surface area contributed by atoms with Crippen LogP contribution in [0.2, 0.25) is 0 Å². The number of nitrogens with two attached hydrogens (primary N) is 1. The van der Waals surface area contributed by atoms with Gasteiger partial charge in [0.25, 0.3) is 11.8 Å². The molecule has 2 rings (SSSR count). The van der Waals surface area contributed by atoms with Crippen LogP contribution in [-0.4, -0.2) is 40.5 Å². The number of aryl methyl sites for hydroxylation is 1. The van der Waals surface area contributed by atoms with E-state index in [-0.39, 0.29) is 18.5 Å². The molecule has 108 valence electrons. The van der Waals surface area contributed by atoms with Gasteiger partial charge in [-0.2, -0.15) is 0 Å². The van der Waals surface area contributed by atoms with Gasteiger partial charge in [0.15, 0.2) is 5.60 Å². The Hall–Kier alpha value is -1.95. The lowest BCUT2D eigenvalue weighted by molar-refractivity contribution is -0.140. The van der Waals surface area contributed by atoms with Crippen LogP contribution in [0.5, 0.6) is 0 Å². The fourth-order valence-electron chi connectivity index (χ4n) is 2.38. The minimum atomic E-state index is -1.73.